The Hall–Kier alpha value is -0.970. The highest BCUT2D eigenvalue weighted by atomic mass is 35.5. The summed E-state index contributed by atoms with van der Waals surface area (Å²) >= 11 is 6.02. The van der Waals surface area contributed by atoms with E-state index in [0.717, 1.165) is 36.0 Å². The van der Waals surface area contributed by atoms with Gasteiger partial charge in [0.25, 0.3) is 0 Å². The van der Waals surface area contributed by atoms with E-state index in [1.807, 2.05) is 18.2 Å². The zero-order valence-corrected chi connectivity index (χ0v) is 10.6. The lowest BCUT2D eigenvalue weighted by Crippen LogP contribution is -2.22. The third kappa shape index (κ3) is 2.83. The quantitative estimate of drug-likeness (QED) is 0.838. The van der Waals surface area contributed by atoms with E-state index in [9.17, 15) is 0 Å². The summed E-state index contributed by atoms with van der Waals surface area (Å²) in [4.78, 5) is 6.96. The maximum absolute atomic E-state index is 6.02. The van der Waals surface area contributed by atoms with Crippen LogP contribution in [-0.4, -0.2) is 26.8 Å². The predicted molar refractivity (Wildman–Crippen MR) is 68.5 cm³/mol. The molecule has 1 heterocycles. The van der Waals surface area contributed by atoms with Crippen LogP contribution in [0.15, 0.2) is 18.2 Å². The Kier molecular flexibility index (Phi) is 4.10. The molecule has 0 bridgehead atoms. The van der Waals surface area contributed by atoms with Crippen LogP contribution in [0.2, 0.25) is 5.02 Å². The molecule has 1 aliphatic heterocycles. The Balaban J connectivity index is 2.14. The van der Waals surface area contributed by atoms with E-state index in [2.05, 4.69) is 4.90 Å². The fraction of sp³-hybridized carbons (Fsp3) is 0.500. The first-order valence-electron chi connectivity index (χ1n) is 5.64. The van der Waals surface area contributed by atoms with Crippen LogP contribution in [0.1, 0.15) is 6.42 Å². The summed E-state index contributed by atoms with van der Waals surface area (Å²) in [7, 11) is 1.67. The SMILES string of the molecule is COc1ccc(Cl)cc1N1CCC(CON)C1. The molecule has 0 radical (unpaired) electrons. The van der Waals surface area contributed by atoms with Gasteiger partial charge in [0.05, 0.1) is 19.4 Å². The molecule has 1 unspecified atom stereocenters. The van der Waals surface area contributed by atoms with Gasteiger partial charge in [-0.3, -0.25) is 0 Å². The molecule has 1 aromatic rings. The van der Waals surface area contributed by atoms with Crippen LogP contribution in [-0.2, 0) is 4.84 Å². The van der Waals surface area contributed by atoms with Gasteiger partial charge in [0.15, 0.2) is 0 Å². The summed E-state index contributed by atoms with van der Waals surface area (Å²) in [5, 5.41) is 0.722. The molecule has 2 rings (SSSR count). The fourth-order valence-corrected chi connectivity index (χ4v) is 2.40. The molecule has 1 saturated heterocycles. The number of benzene rings is 1. The third-order valence-corrected chi connectivity index (χ3v) is 3.33. The Labute approximate surface area is 106 Å². The molecule has 5 heteroatoms. The summed E-state index contributed by atoms with van der Waals surface area (Å²) in [6.07, 6.45) is 1.08. The van der Waals surface area contributed by atoms with Crippen LogP contribution >= 0.6 is 11.6 Å². The van der Waals surface area contributed by atoms with Gasteiger partial charge >= 0.3 is 0 Å². The van der Waals surface area contributed by atoms with Crippen molar-refractivity contribution in [3.05, 3.63) is 23.2 Å². The zero-order chi connectivity index (χ0) is 12.3. The molecule has 0 amide bonds. The number of nitrogens with two attached hydrogens (primary N) is 1. The maximum Gasteiger partial charge on any atom is 0.142 e. The Morgan fingerprint density at radius 2 is 2.35 bits per heavy atom. The molecular weight excluding hydrogens is 240 g/mol. The van der Waals surface area contributed by atoms with Crippen molar-refractivity contribution >= 4 is 17.3 Å². The van der Waals surface area contributed by atoms with Crippen molar-refractivity contribution in [2.24, 2.45) is 11.8 Å². The molecule has 1 atom stereocenters. The van der Waals surface area contributed by atoms with Gasteiger partial charge in [-0.25, -0.2) is 5.90 Å². The lowest BCUT2D eigenvalue weighted by molar-refractivity contribution is 0.108. The van der Waals surface area contributed by atoms with E-state index >= 15 is 0 Å². The van der Waals surface area contributed by atoms with Crippen molar-refractivity contribution in [2.75, 3.05) is 31.7 Å². The van der Waals surface area contributed by atoms with Crippen molar-refractivity contribution in [3.8, 4) is 5.75 Å². The largest absolute Gasteiger partial charge is 0.495 e. The zero-order valence-electron chi connectivity index (χ0n) is 9.86. The number of rotatable bonds is 4. The first-order chi connectivity index (χ1) is 8.24. The molecule has 0 spiro atoms. The number of nitrogens with zero attached hydrogens (tertiary/aromatic N) is 1. The average molecular weight is 257 g/mol. The van der Waals surface area contributed by atoms with Crippen molar-refractivity contribution in [1.82, 2.24) is 0 Å². The first kappa shape index (κ1) is 12.5. The minimum absolute atomic E-state index is 0.476. The standard InChI is InChI=1S/C12H17ClN2O2/c1-16-12-3-2-10(13)6-11(12)15-5-4-9(7-15)8-17-14/h2-3,6,9H,4-5,7-8,14H2,1H3. The molecule has 0 saturated carbocycles. The number of ether oxygens (including phenoxy) is 1. The van der Waals surface area contributed by atoms with Gasteiger partial charge in [0, 0.05) is 24.0 Å². The van der Waals surface area contributed by atoms with Crippen LogP contribution < -0.4 is 15.5 Å². The number of halogens is 1. The Bertz CT molecular complexity index is 387. The highest BCUT2D eigenvalue weighted by Gasteiger charge is 2.24. The molecular formula is C12H17ClN2O2. The van der Waals surface area contributed by atoms with Crippen molar-refractivity contribution < 1.29 is 9.57 Å². The molecule has 0 aliphatic carbocycles. The molecule has 1 aliphatic rings. The van der Waals surface area contributed by atoms with Gasteiger partial charge < -0.3 is 14.5 Å². The smallest absolute Gasteiger partial charge is 0.142 e. The minimum atomic E-state index is 0.476. The maximum atomic E-state index is 6.02. The van der Waals surface area contributed by atoms with Crippen LogP contribution in [0.3, 0.4) is 0 Å². The third-order valence-electron chi connectivity index (χ3n) is 3.10. The summed E-state index contributed by atoms with van der Waals surface area (Å²) in [6.45, 7) is 2.50. The van der Waals surface area contributed by atoms with E-state index in [-0.39, 0.29) is 0 Å². The second kappa shape index (κ2) is 5.58. The minimum Gasteiger partial charge on any atom is -0.495 e. The lowest BCUT2D eigenvalue weighted by atomic mass is 10.1. The van der Waals surface area contributed by atoms with Gasteiger partial charge in [-0.05, 0) is 24.6 Å². The normalized spacial score (nSPS) is 19.7. The van der Waals surface area contributed by atoms with Gasteiger partial charge in [-0.1, -0.05) is 11.6 Å². The van der Waals surface area contributed by atoms with Crippen molar-refractivity contribution in [2.45, 2.75) is 6.42 Å². The molecule has 0 aromatic heterocycles. The highest BCUT2D eigenvalue weighted by molar-refractivity contribution is 6.30. The number of anilines is 1. The molecule has 17 heavy (non-hydrogen) atoms. The second-order valence-electron chi connectivity index (χ2n) is 4.25. The Morgan fingerprint density at radius 3 is 3.06 bits per heavy atom. The molecule has 1 fully saturated rings. The van der Waals surface area contributed by atoms with E-state index in [1.54, 1.807) is 7.11 Å². The predicted octanol–water partition coefficient (Wildman–Crippen LogP) is 2.07. The lowest BCUT2D eigenvalue weighted by Gasteiger charge is -2.21. The average Bonchev–Trinajstić information content (AvgIpc) is 2.78. The number of hydrogen-bond acceptors (Lipinski definition) is 4. The van der Waals surface area contributed by atoms with E-state index in [1.165, 1.54) is 0 Å². The van der Waals surface area contributed by atoms with Crippen LogP contribution in [0, 0.1) is 5.92 Å². The van der Waals surface area contributed by atoms with E-state index in [4.69, 9.17) is 27.1 Å². The Morgan fingerprint density at radius 1 is 1.53 bits per heavy atom. The summed E-state index contributed by atoms with van der Waals surface area (Å²) in [6, 6.07) is 5.66. The van der Waals surface area contributed by atoms with Gasteiger partial charge in [0.1, 0.15) is 5.75 Å². The summed E-state index contributed by atoms with van der Waals surface area (Å²) in [5.41, 5.74) is 1.04. The highest BCUT2D eigenvalue weighted by Crippen LogP contribution is 2.34. The number of hydrogen-bond donors (Lipinski definition) is 1. The molecule has 2 N–H and O–H groups in total. The van der Waals surface area contributed by atoms with Crippen molar-refractivity contribution in [3.63, 3.8) is 0 Å². The molecule has 94 valence electrons. The summed E-state index contributed by atoms with van der Waals surface area (Å²) < 4.78 is 5.35. The monoisotopic (exact) mass is 256 g/mol. The van der Waals surface area contributed by atoms with Crippen LogP contribution in [0.4, 0.5) is 5.69 Å². The van der Waals surface area contributed by atoms with Gasteiger partial charge in [-0.15, -0.1) is 0 Å². The summed E-state index contributed by atoms with van der Waals surface area (Å²) in [5.74, 6) is 6.43. The number of methoxy groups -OCH3 is 1. The van der Waals surface area contributed by atoms with Gasteiger partial charge in [0.2, 0.25) is 0 Å². The van der Waals surface area contributed by atoms with Crippen molar-refractivity contribution in [1.29, 1.82) is 0 Å². The van der Waals surface area contributed by atoms with Crippen LogP contribution in [0.5, 0.6) is 5.75 Å². The molecule has 4 nitrogen and oxygen atoms in total. The van der Waals surface area contributed by atoms with E-state index < -0.39 is 0 Å². The second-order valence-corrected chi connectivity index (χ2v) is 4.69. The topological polar surface area (TPSA) is 47.7 Å². The van der Waals surface area contributed by atoms with Gasteiger partial charge in [-0.2, -0.15) is 0 Å². The van der Waals surface area contributed by atoms with Crippen LogP contribution in [0.25, 0.3) is 0 Å². The first-order valence-corrected chi connectivity index (χ1v) is 6.02. The van der Waals surface area contributed by atoms with E-state index in [0.29, 0.717) is 12.5 Å². The molecule has 1 aromatic carbocycles. The fourth-order valence-electron chi connectivity index (χ4n) is 2.23.